The van der Waals surface area contributed by atoms with E-state index in [1.54, 1.807) is 111 Å². The fraction of sp³-hybridized carbons (Fsp3) is 0.442. The summed E-state index contributed by atoms with van der Waals surface area (Å²) in [5.74, 6) is -8.38. The number of aliphatic hydroxyl groups is 2. The highest BCUT2D eigenvalue weighted by Crippen LogP contribution is 2.64. The SMILES string of the molecule is CC(=O)ON[C@@]12[C@@H](OC(=O)c3ccccc3)[C@@]3(O)C[C@@H](OC(=O)C[C@H](NC(=O)c4cccc(C[Si](C)(C)O[Si](C)(C)CCn5cc(CCNC(=O)CC[C@H](NC(=O)c6ccc(NCc7cnc8nc(N)[nH]c(=O)c8n7)cc6)C(=O)O)nn5)c4)c4ccccc4)C(C)=C([C@H](OC(C)=O)C(=O)[C@@]1(C)[C@H](O)C[C@@H]1OC[C@@H]12)C3(C)C. The Morgan fingerprint density at radius 3 is 2.19 bits per heavy atom. The summed E-state index contributed by atoms with van der Waals surface area (Å²) in [7, 11) is -4.92. The maximum Gasteiger partial charge on any atom is 0.338 e. The van der Waals surface area contributed by atoms with Crippen LogP contribution in [0.5, 0.6) is 0 Å². The number of benzene rings is 4. The quantitative estimate of drug-likeness (QED) is 0.00859. The summed E-state index contributed by atoms with van der Waals surface area (Å²) >= 11 is 0. The molecule has 1 saturated heterocycles. The van der Waals surface area contributed by atoms with Gasteiger partial charge in [0.05, 0.1) is 66.4 Å². The first-order valence-electron chi connectivity index (χ1n) is 36.6. The van der Waals surface area contributed by atoms with Crippen molar-refractivity contribution in [2.24, 2.45) is 16.7 Å². The van der Waals surface area contributed by atoms with E-state index in [1.165, 1.54) is 37.4 Å². The average molecular weight is 1560 g/mol. The number of carboxylic acid groups (broad SMARTS) is 1. The molecule has 1 aliphatic heterocycles. The lowest BCUT2D eigenvalue weighted by Gasteiger charge is -2.69. The Labute approximate surface area is 641 Å². The number of nitrogens with two attached hydrogens (primary N) is 1. The monoisotopic (exact) mass is 1560 g/mol. The van der Waals surface area contributed by atoms with Crippen molar-refractivity contribution in [3.8, 4) is 0 Å². The summed E-state index contributed by atoms with van der Waals surface area (Å²) in [4.78, 5) is 157. The zero-order valence-corrected chi connectivity index (χ0v) is 65.3. The van der Waals surface area contributed by atoms with Crippen molar-refractivity contribution in [2.75, 3.05) is 24.2 Å². The minimum atomic E-state index is -2.52. The number of Topliss-reactive ketones (excluding diaryl/α,β-unsaturated/α-hetero) is 1. The van der Waals surface area contributed by atoms with Crippen LogP contribution >= 0.6 is 0 Å². The number of ether oxygens (including phenoxy) is 4. The van der Waals surface area contributed by atoms with E-state index in [1.807, 2.05) is 6.07 Å². The number of nitrogens with zero attached hydrogens (tertiary/aromatic N) is 6. The van der Waals surface area contributed by atoms with E-state index in [0.717, 1.165) is 19.4 Å². The summed E-state index contributed by atoms with van der Waals surface area (Å²) in [6.45, 7) is 17.6. The van der Waals surface area contributed by atoms with Crippen molar-refractivity contribution in [1.29, 1.82) is 0 Å². The number of aliphatic carboxylic acids is 1. The zero-order valence-electron chi connectivity index (χ0n) is 63.3. The lowest BCUT2D eigenvalue weighted by atomic mass is 9.42. The number of amides is 3. The van der Waals surface area contributed by atoms with Crippen LogP contribution in [0.25, 0.3) is 11.2 Å². The van der Waals surface area contributed by atoms with Crippen molar-refractivity contribution < 1.29 is 86.4 Å². The molecule has 11 N–H and O–H groups in total. The molecule has 3 aliphatic carbocycles. The normalized spacial score (nSPS) is 23.2. The second kappa shape index (κ2) is 33.0. The van der Waals surface area contributed by atoms with Crippen LogP contribution < -0.4 is 38.0 Å². The van der Waals surface area contributed by atoms with Crippen molar-refractivity contribution in [3.63, 3.8) is 0 Å². The van der Waals surface area contributed by atoms with Gasteiger partial charge in [-0.15, -0.1) is 10.6 Å². The maximum absolute atomic E-state index is 16.0. The molecule has 2 bridgehead atoms. The molecular formula is C77H93N13O19Si2. The van der Waals surface area contributed by atoms with E-state index in [4.69, 9.17) is 33.6 Å². The van der Waals surface area contributed by atoms with Crippen molar-refractivity contribution in [1.82, 2.24) is 56.4 Å². The highest BCUT2D eigenvalue weighted by molar-refractivity contribution is 6.84. The molecule has 3 amide bonds. The first-order chi connectivity index (χ1) is 52.5. The zero-order chi connectivity index (χ0) is 80.1. The Morgan fingerprint density at radius 1 is 0.820 bits per heavy atom. The molecule has 111 heavy (non-hydrogen) atoms. The number of aliphatic hydroxyl groups excluding tert-OH is 1. The van der Waals surface area contributed by atoms with E-state index in [2.05, 4.69) is 83.2 Å². The van der Waals surface area contributed by atoms with Crippen molar-refractivity contribution in [3.05, 3.63) is 182 Å². The number of nitrogens with one attached hydrogen (secondary N) is 6. The maximum atomic E-state index is 16.0. The van der Waals surface area contributed by atoms with Crippen LogP contribution in [-0.2, 0) is 82.2 Å². The minimum absolute atomic E-state index is 0.0158. The van der Waals surface area contributed by atoms with Gasteiger partial charge >= 0.3 is 29.8 Å². The van der Waals surface area contributed by atoms with Crippen LogP contribution in [0.1, 0.15) is 133 Å². The molecule has 4 aromatic carbocycles. The molecular weight excluding hydrogens is 1470 g/mol. The average Bonchev–Trinajstić information content (AvgIpc) is 0.889. The third-order valence-electron chi connectivity index (χ3n) is 21.5. The van der Waals surface area contributed by atoms with Gasteiger partial charge in [0.25, 0.3) is 17.4 Å². The number of H-pyrrole nitrogens is 1. The van der Waals surface area contributed by atoms with Gasteiger partial charge in [-0.05, 0) is 129 Å². The number of nitrogen functional groups attached to an aromatic ring is 1. The van der Waals surface area contributed by atoms with Crippen molar-refractivity contribution in [2.45, 2.75) is 185 Å². The molecule has 11 rings (SSSR count). The highest BCUT2D eigenvalue weighted by Gasteiger charge is 2.80. The van der Waals surface area contributed by atoms with E-state index in [0.29, 0.717) is 53.3 Å². The molecule has 0 radical (unpaired) electrons. The molecule has 4 heterocycles. The Balaban J connectivity index is 0.695. The molecule has 3 aromatic heterocycles. The van der Waals surface area contributed by atoms with Crippen molar-refractivity contribution >= 4 is 92.8 Å². The Kier molecular flexibility index (Phi) is 24.2. The van der Waals surface area contributed by atoms with Gasteiger partial charge in [-0.2, -0.15) is 4.98 Å². The number of ketones is 1. The predicted molar refractivity (Wildman–Crippen MR) is 405 cm³/mol. The molecule has 0 unspecified atom stereocenters. The summed E-state index contributed by atoms with van der Waals surface area (Å²) < 4.78 is 33.8. The van der Waals surface area contributed by atoms with Gasteiger partial charge < -0.3 is 70.2 Å². The summed E-state index contributed by atoms with van der Waals surface area (Å²) in [5.41, 5.74) is 3.21. The number of aryl methyl sites for hydroxylation is 1. The number of carbonyl (C=O) groups excluding carboxylic acids is 8. The van der Waals surface area contributed by atoms with Crippen LogP contribution in [0.15, 0.2) is 138 Å². The van der Waals surface area contributed by atoms with Crippen LogP contribution in [0.3, 0.4) is 0 Å². The van der Waals surface area contributed by atoms with E-state index in [9.17, 15) is 58.5 Å². The van der Waals surface area contributed by atoms with E-state index < -0.39 is 159 Å². The Hall–Kier alpha value is -10.8. The number of esters is 3. The third-order valence-corrected chi connectivity index (χ3v) is 28.6. The van der Waals surface area contributed by atoms with Gasteiger partial charge in [-0.1, -0.05) is 79.7 Å². The number of carboxylic acids is 1. The molecule has 4 aliphatic rings. The summed E-state index contributed by atoms with van der Waals surface area (Å²) in [6.07, 6.45) is -5.59. The number of anilines is 2. The number of hydrogen-bond acceptors (Lipinski definition) is 26. The highest BCUT2D eigenvalue weighted by atomic mass is 28.4. The number of hydrogen-bond donors (Lipinski definition) is 10. The second-order valence-electron chi connectivity index (χ2n) is 30.6. The molecule has 588 valence electrons. The molecule has 7 aromatic rings. The van der Waals surface area contributed by atoms with Gasteiger partial charge in [0.2, 0.25) is 11.9 Å². The lowest BCUT2D eigenvalue weighted by molar-refractivity contribution is -0.312. The Bertz CT molecular complexity index is 4790. The van der Waals surface area contributed by atoms with Gasteiger partial charge in [-0.25, -0.2) is 19.6 Å². The number of rotatable bonds is 30. The number of carbonyl (C=O) groups is 9. The molecule has 3 fully saturated rings. The predicted octanol–water partition coefficient (Wildman–Crippen LogP) is 5.61. The van der Waals surface area contributed by atoms with Crippen LogP contribution in [0.4, 0.5) is 11.6 Å². The molecule has 34 heteroatoms. The Morgan fingerprint density at radius 2 is 1.51 bits per heavy atom. The standard InChI is InChI=1S/C77H93N13O19Si2/c1-43-58(37-76(103)72(107-71(102)49-21-15-12-16-22-49)77(88-108-45(3)92)54-41-104-57(54)36-59(93)75(77,6)65(96)64(105-44(2)91)62(43)74(76,4)5)106-61(95)35-56(47-19-13-11-14-20-47)84-68(98)50-23-17-18-46(34-50)42-111(9,10)109-110(7,8)33-32-90-40-52(87-89-90)30-31-79-60(94)29-28-55(70(100)101)83-67(97)48-24-26-51(27-25-48)80-38-53-39-81-66-63(82-53)69(99)86-73(78)85-66/h11-27,34,39-40,54-59,64,72,80,88,93,103H,28-33,35-38,41-42H2,1-10H3,(H,79,94)(H,83,97)(H,84,98)(H,100,101)(H3,78,81,85,86,99)/t54-,55-,56-,57-,58+,59+,64-,72-,75+,76-,77-/m0/s1. The van der Waals surface area contributed by atoms with Crippen LogP contribution in [0.2, 0.25) is 32.2 Å². The molecule has 0 spiro atoms. The number of fused-ring (bicyclic) bond motifs is 6. The van der Waals surface area contributed by atoms with E-state index in [-0.39, 0.29) is 78.3 Å². The second-order valence-corrected chi connectivity index (χ2v) is 39.3. The fourth-order valence-corrected chi connectivity index (χ4v) is 24.5. The van der Waals surface area contributed by atoms with Crippen LogP contribution in [0, 0.1) is 16.7 Å². The lowest BCUT2D eigenvalue weighted by Crippen LogP contribution is -2.87. The summed E-state index contributed by atoms with van der Waals surface area (Å²) in [6, 6.07) is 28.9. The van der Waals surface area contributed by atoms with Crippen LogP contribution in [-0.4, -0.2) is 181 Å². The number of aromatic amines is 1. The largest absolute Gasteiger partial charge is 0.480 e. The smallest absolute Gasteiger partial charge is 0.338 e. The number of hydroxylamine groups is 1. The topological polar surface area (TPSA) is 458 Å². The molecule has 11 atom stereocenters. The van der Waals surface area contributed by atoms with E-state index >= 15 is 4.79 Å². The first-order valence-corrected chi connectivity index (χ1v) is 42.8. The van der Waals surface area contributed by atoms with Gasteiger partial charge in [0.1, 0.15) is 23.3 Å². The number of aromatic nitrogens is 7. The van der Waals surface area contributed by atoms with Gasteiger partial charge in [-0.3, -0.25) is 48.0 Å². The fourth-order valence-electron chi connectivity index (χ4n) is 15.8. The van der Waals surface area contributed by atoms with Gasteiger partial charge in [0.15, 0.2) is 45.8 Å². The third kappa shape index (κ3) is 17.7. The minimum Gasteiger partial charge on any atom is -0.480 e. The first kappa shape index (κ1) is 81.2. The van der Waals surface area contributed by atoms with Gasteiger partial charge in [0, 0.05) is 87.0 Å². The summed E-state index contributed by atoms with van der Waals surface area (Å²) in [5, 5.41) is 56.5. The molecule has 32 nitrogen and oxygen atoms in total. The molecule has 2 saturated carbocycles.